The Bertz CT molecular complexity index is 948. The second-order valence-electron chi connectivity index (χ2n) is 7.29. The molecule has 5 nitrogen and oxygen atoms in total. The van der Waals surface area contributed by atoms with Crippen molar-refractivity contribution in [2.24, 2.45) is 5.92 Å². The Balaban J connectivity index is 1.52. The molecule has 0 saturated heterocycles. The third kappa shape index (κ3) is 4.09. The highest BCUT2D eigenvalue weighted by Gasteiger charge is 2.22. The van der Waals surface area contributed by atoms with Crippen molar-refractivity contribution in [2.75, 3.05) is 0 Å². The Labute approximate surface area is 165 Å². The van der Waals surface area contributed by atoms with E-state index in [1.54, 1.807) is 6.20 Å². The fraction of sp³-hybridized carbons (Fsp3) is 0.304. The number of amides is 1. The monoisotopic (exact) mass is 372 g/mol. The number of aryl methyl sites for hydroxylation is 1. The number of hydrogen-bond donors (Lipinski definition) is 1. The summed E-state index contributed by atoms with van der Waals surface area (Å²) in [6.45, 7) is 2.45. The molecule has 1 aromatic carbocycles. The molecule has 28 heavy (non-hydrogen) atoms. The molecule has 1 fully saturated rings. The van der Waals surface area contributed by atoms with Crippen LogP contribution in [-0.4, -0.2) is 20.9 Å². The van der Waals surface area contributed by atoms with Gasteiger partial charge in [-0.25, -0.2) is 9.97 Å². The van der Waals surface area contributed by atoms with Crippen molar-refractivity contribution in [3.05, 3.63) is 66.2 Å². The minimum Gasteiger partial charge on any atom is -0.352 e. The van der Waals surface area contributed by atoms with Gasteiger partial charge in [-0.15, -0.1) is 0 Å². The van der Waals surface area contributed by atoms with Crippen LogP contribution in [0.25, 0.3) is 22.5 Å². The molecule has 0 spiro atoms. The third-order valence-corrected chi connectivity index (χ3v) is 5.27. The number of nitrogens with zero attached hydrogens (tertiary/aromatic N) is 3. The first kappa shape index (κ1) is 18.3. The first-order valence-electron chi connectivity index (χ1n) is 9.83. The van der Waals surface area contributed by atoms with Gasteiger partial charge in [-0.05, 0) is 37.5 Å². The summed E-state index contributed by atoms with van der Waals surface area (Å²) in [6.07, 6.45) is 7.99. The molecule has 2 heterocycles. The Morgan fingerprint density at radius 2 is 1.86 bits per heavy atom. The summed E-state index contributed by atoms with van der Waals surface area (Å²) in [6, 6.07) is 14.0. The van der Waals surface area contributed by atoms with Gasteiger partial charge < -0.3 is 5.32 Å². The van der Waals surface area contributed by atoms with Crippen molar-refractivity contribution < 1.29 is 4.79 Å². The van der Waals surface area contributed by atoms with Crippen molar-refractivity contribution in [2.45, 2.75) is 39.2 Å². The van der Waals surface area contributed by atoms with Crippen molar-refractivity contribution in [3.63, 3.8) is 0 Å². The van der Waals surface area contributed by atoms with Crippen LogP contribution in [-0.2, 0) is 11.3 Å². The fourth-order valence-electron chi connectivity index (χ4n) is 3.70. The molecule has 0 aliphatic heterocycles. The summed E-state index contributed by atoms with van der Waals surface area (Å²) in [5.41, 5.74) is 4.73. The van der Waals surface area contributed by atoms with Gasteiger partial charge in [0.1, 0.15) is 5.82 Å². The molecule has 3 aromatic rings. The minimum atomic E-state index is 0.186. The number of carbonyl (C=O) groups is 1. The maximum atomic E-state index is 12.2. The summed E-state index contributed by atoms with van der Waals surface area (Å²) < 4.78 is 0. The zero-order valence-corrected chi connectivity index (χ0v) is 16.1. The van der Waals surface area contributed by atoms with E-state index >= 15 is 0 Å². The first-order chi connectivity index (χ1) is 13.7. The third-order valence-electron chi connectivity index (χ3n) is 5.27. The molecule has 1 saturated carbocycles. The molecule has 0 atom stereocenters. The molecule has 142 valence electrons. The van der Waals surface area contributed by atoms with E-state index in [1.807, 2.05) is 55.6 Å². The molecule has 4 rings (SSSR count). The van der Waals surface area contributed by atoms with E-state index in [0.29, 0.717) is 6.54 Å². The number of hydrogen-bond acceptors (Lipinski definition) is 4. The predicted molar refractivity (Wildman–Crippen MR) is 109 cm³/mol. The second kappa shape index (κ2) is 8.30. The van der Waals surface area contributed by atoms with E-state index in [4.69, 9.17) is 0 Å². The highest BCUT2D eigenvalue weighted by Crippen LogP contribution is 2.29. The van der Waals surface area contributed by atoms with Gasteiger partial charge in [0, 0.05) is 36.0 Å². The lowest BCUT2D eigenvalue weighted by Gasteiger charge is -2.12. The summed E-state index contributed by atoms with van der Waals surface area (Å²) in [4.78, 5) is 25.7. The smallest absolute Gasteiger partial charge is 0.223 e. The van der Waals surface area contributed by atoms with Gasteiger partial charge in [-0.3, -0.25) is 9.78 Å². The van der Waals surface area contributed by atoms with Crippen LogP contribution in [0.5, 0.6) is 0 Å². The second-order valence-corrected chi connectivity index (χ2v) is 7.29. The molecule has 1 aliphatic rings. The normalized spacial score (nSPS) is 14.2. The average Bonchev–Trinajstić information content (AvgIpc) is 3.28. The number of benzene rings is 1. The summed E-state index contributed by atoms with van der Waals surface area (Å²) in [5.74, 6) is 1.11. The lowest BCUT2D eigenvalue weighted by atomic mass is 10.0. The van der Waals surface area contributed by atoms with Crippen LogP contribution in [0.15, 0.2) is 54.9 Å². The molecule has 0 radical (unpaired) electrons. The molecule has 1 aliphatic carbocycles. The van der Waals surface area contributed by atoms with Crippen LogP contribution < -0.4 is 5.32 Å². The van der Waals surface area contributed by atoms with E-state index in [0.717, 1.165) is 46.7 Å². The van der Waals surface area contributed by atoms with Crippen LogP contribution in [0.1, 0.15) is 37.1 Å². The number of carbonyl (C=O) groups excluding carboxylic acids is 1. The van der Waals surface area contributed by atoms with Crippen molar-refractivity contribution >= 4 is 5.91 Å². The topological polar surface area (TPSA) is 67.8 Å². The number of rotatable bonds is 5. The van der Waals surface area contributed by atoms with E-state index in [-0.39, 0.29) is 11.8 Å². The number of nitrogens with one attached hydrogen (secondary N) is 1. The van der Waals surface area contributed by atoms with Crippen LogP contribution in [0, 0.1) is 12.8 Å². The quantitative estimate of drug-likeness (QED) is 0.724. The largest absolute Gasteiger partial charge is 0.352 e. The molecule has 1 amide bonds. The molecular formula is C23H24N4O. The van der Waals surface area contributed by atoms with Crippen molar-refractivity contribution in [1.29, 1.82) is 0 Å². The van der Waals surface area contributed by atoms with Crippen LogP contribution in [0.2, 0.25) is 0 Å². The van der Waals surface area contributed by atoms with Gasteiger partial charge in [0.25, 0.3) is 0 Å². The van der Waals surface area contributed by atoms with Crippen LogP contribution in [0.4, 0.5) is 0 Å². The number of aromatic nitrogens is 3. The van der Waals surface area contributed by atoms with E-state index in [1.165, 1.54) is 12.8 Å². The standard InChI is InChI=1S/C23H24N4O/c1-16-25-15-20(21-8-4-5-13-24-21)22(27-16)18-11-9-17(10-12-18)14-26-23(28)19-6-2-3-7-19/h4-5,8-13,15,19H,2-3,6-7,14H2,1H3,(H,26,28). The van der Waals surface area contributed by atoms with E-state index in [2.05, 4.69) is 20.3 Å². The summed E-state index contributed by atoms with van der Waals surface area (Å²) in [7, 11) is 0. The molecule has 0 unspecified atom stereocenters. The van der Waals surface area contributed by atoms with Gasteiger partial charge in [0.2, 0.25) is 5.91 Å². The number of pyridine rings is 1. The van der Waals surface area contributed by atoms with Gasteiger partial charge >= 0.3 is 0 Å². The Morgan fingerprint density at radius 1 is 1.07 bits per heavy atom. The van der Waals surface area contributed by atoms with Crippen molar-refractivity contribution in [3.8, 4) is 22.5 Å². The summed E-state index contributed by atoms with van der Waals surface area (Å²) >= 11 is 0. The molecular weight excluding hydrogens is 348 g/mol. The van der Waals surface area contributed by atoms with E-state index in [9.17, 15) is 4.79 Å². The predicted octanol–water partition coefficient (Wildman–Crippen LogP) is 4.32. The van der Waals surface area contributed by atoms with Crippen LogP contribution >= 0.6 is 0 Å². The lowest BCUT2D eigenvalue weighted by molar-refractivity contribution is -0.124. The van der Waals surface area contributed by atoms with Gasteiger partial charge in [-0.2, -0.15) is 0 Å². The zero-order chi connectivity index (χ0) is 19.3. The molecule has 5 heteroatoms. The highest BCUT2D eigenvalue weighted by molar-refractivity contribution is 5.79. The average molecular weight is 372 g/mol. The molecule has 2 aromatic heterocycles. The summed E-state index contributed by atoms with van der Waals surface area (Å²) in [5, 5.41) is 3.07. The van der Waals surface area contributed by atoms with Gasteiger partial charge in [-0.1, -0.05) is 43.2 Å². The van der Waals surface area contributed by atoms with Crippen LogP contribution in [0.3, 0.4) is 0 Å². The zero-order valence-electron chi connectivity index (χ0n) is 16.1. The minimum absolute atomic E-state index is 0.186. The Hall–Kier alpha value is -3.08. The first-order valence-corrected chi connectivity index (χ1v) is 9.83. The SMILES string of the molecule is Cc1ncc(-c2ccccn2)c(-c2ccc(CNC(=O)C3CCCC3)cc2)n1. The molecule has 0 bridgehead atoms. The van der Waals surface area contributed by atoms with E-state index < -0.39 is 0 Å². The van der Waals surface area contributed by atoms with Gasteiger partial charge in [0.05, 0.1) is 11.4 Å². The maximum Gasteiger partial charge on any atom is 0.223 e. The Kier molecular flexibility index (Phi) is 5.42. The van der Waals surface area contributed by atoms with Crippen molar-refractivity contribution in [1.82, 2.24) is 20.3 Å². The maximum absolute atomic E-state index is 12.2. The lowest BCUT2D eigenvalue weighted by Crippen LogP contribution is -2.28. The molecule has 1 N–H and O–H groups in total. The fourth-order valence-corrected chi connectivity index (χ4v) is 3.70. The van der Waals surface area contributed by atoms with Gasteiger partial charge in [0.15, 0.2) is 0 Å². The highest BCUT2D eigenvalue weighted by atomic mass is 16.1. The Morgan fingerprint density at radius 3 is 2.57 bits per heavy atom.